The van der Waals surface area contributed by atoms with E-state index in [9.17, 15) is 13.6 Å². The van der Waals surface area contributed by atoms with Gasteiger partial charge in [0, 0.05) is 10.6 Å². The van der Waals surface area contributed by atoms with Crippen molar-refractivity contribution in [3.05, 3.63) is 54.1 Å². The van der Waals surface area contributed by atoms with E-state index in [1.54, 1.807) is 23.9 Å². The van der Waals surface area contributed by atoms with E-state index >= 15 is 0 Å². The van der Waals surface area contributed by atoms with Gasteiger partial charge >= 0.3 is 6.61 Å². The third-order valence-electron chi connectivity index (χ3n) is 2.89. The fourth-order valence-corrected chi connectivity index (χ4v) is 2.26. The molecular formula is C16H15F2NO2S. The highest BCUT2D eigenvalue weighted by Crippen LogP contribution is 2.18. The molecule has 3 nitrogen and oxygen atoms in total. The predicted molar refractivity (Wildman–Crippen MR) is 83.6 cm³/mol. The van der Waals surface area contributed by atoms with E-state index in [0.29, 0.717) is 0 Å². The first-order valence-electron chi connectivity index (χ1n) is 6.54. The van der Waals surface area contributed by atoms with Crippen molar-refractivity contribution in [1.29, 1.82) is 0 Å². The minimum absolute atomic E-state index is 0.0758. The summed E-state index contributed by atoms with van der Waals surface area (Å²) in [6.45, 7) is -2.85. The Morgan fingerprint density at radius 2 is 1.77 bits per heavy atom. The molecule has 0 saturated carbocycles. The monoisotopic (exact) mass is 323 g/mol. The van der Waals surface area contributed by atoms with Gasteiger partial charge in [-0.2, -0.15) is 8.78 Å². The van der Waals surface area contributed by atoms with Gasteiger partial charge in [0.15, 0.2) is 0 Å². The summed E-state index contributed by atoms with van der Waals surface area (Å²) >= 11 is 1.63. The lowest BCUT2D eigenvalue weighted by Gasteiger charge is -2.07. The highest BCUT2D eigenvalue weighted by Gasteiger charge is 2.07. The highest BCUT2D eigenvalue weighted by molar-refractivity contribution is 7.98. The van der Waals surface area contributed by atoms with E-state index in [-0.39, 0.29) is 18.1 Å². The van der Waals surface area contributed by atoms with Gasteiger partial charge < -0.3 is 10.1 Å². The number of halogens is 2. The van der Waals surface area contributed by atoms with Gasteiger partial charge in [0.2, 0.25) is 5.91 Å². The van der Waals surface area contributed by atoms with E-state index in [1.165, 1.54) is 12.1 Å². The minimum atomic E-state index is -2.85. The zero-order valence-electron chi connectivity index (χ0n) is 11.9. The number of alkyl halides is 2. The number of rotatable bonds is 6. The Hall–Kier alpha value is -2.08. The van der Waals surface area contributed by atoms with E-state index in [2.05, 4.69) is 10.1 Å². The first kappa shape index (κ1) is 16.3. The van der Waals surface area contributed by atoms with Gasteiger partial charge in [0.1, 0.15) is 5.75 Å². The molecule has 0 bridgehead atoms. The summed E-state index contributed by atoms with van der Waals surface area (Å²) in [6.07, 6.45) is 2.15. The van der Waals surface area contributed by atoms with Gasteiger partial charge in [0.25, 0.3) is 0 Å². The van der Waals surface area contributed by atoms with Crippen LogP contribution in [-0.2, 0) is 11.2 Å². The molecule has 2 aromatic carbocycles. The first-order valence-corrected chi connectivity index (χ1v) is 7.77. The molecule has 2 rings (SSSR count). The third kappa shape index (κ3) is 5.04. The predicted octanol–water partition coefficient (Wildman–Crippen LogP) is 4.19. The summed E-state index contributed by atoms with van der Waals surface area (Å²) in [4.78, 5) is 13.0. The van der Waals surface area contributed by atoms with Crippen LogP contribution in [0.25, 0.3) is 0 Å². The van der Waals surface area contributed by atoms with E-state index in [1.807, 2.05) is 30.5 Å². The van der Waals surface area contributed by atoms with Crippen molar-refractivity contribution >= 4 is 23.4 Å². The molecule has 0 atom stereocenters. The molecule has 0 spiro atoms. The average Bonchev–Trinajstić information content (AvgIpc) is 2.49. The topological polar surface area (TPSA) is 38.3 Å². The summed E-state index contributed by atoms with van der Waals surface area (Å²) in [5, 5.41) is 2.79. The number of amides is 1. The van der Waals surface area contributed by atoms with E-state index < -0.39 is 6.61 Å². The molecule has 0 unspecified atom stereocenters. The Bertz CT molecular complexity index is 615. The van der Waals surface area contributed by atoms with Gasteiger partial charge in [-0.05, 0) is 48.2 Å². The maximum absolute atomic E-state index is 12.0. The van der Waals surface area contributed by atoms with Crippen LogP contribution in [0, 0.1) is 0 Å². The Labute approximate surface area is 131 Å². The largest absolute Gasteiger partial charge is 0.435 e. The van der Waals surface area contributed by atoms with E-state index in [4.69, 9.17) is 0 Å². The molecule has 0 aliphatic rings. The second kappa shape index (κ2) is 7.79. The van der Waals surface area contributed by atoms with Crippen LogP contribution in [0.2, 0.25) is 0 Å². The van der Waals surface area contributed by atoms with Crippen LogP contribution in [0.15, 0.2) is 53.4 Å². The van der Waals surface area contributed by atoms with Crippen molar-refractivity contribution in [2.45, 2.75) is 17.9 Å². The summed E-state index contributed by atoms with van der Waals surface area (Å²) in [5.74, 6) is -0.0914. The maximum Gasteiger partial charge on any atom is 0.387 e. The van der Waals surface area contributed by atoms with Crippen LogP contribution in [0.4, 0.5) is 14.5 Å². The molecule has 0 aliphatic carbocycles. The number of carbonyl (C=O) groups excluding carboxylic acids is 1. The number of anilines is 1. The lowest BCUT2D eigenvalue weighted by Crippen LogP contribution is -2.14. The van der Waals surface area contributed by atoms with Gasteiger partial charge in [-0.25, -0.2) is 0 Å². The Morgan fingerprint density at radius 3 is 2.32 bits per heavy atom. The molecule has 0 aliphatic heterocycles. The molecule has 0 fully saturated rings. The lowest BCUT2D eigenvalue weighted by atomic mass is 10.1. The van der Waals surface area contributed by atoms with Crippen LogP contribution in [0.1, 0.15) is 5.56 Å². The zero-order chi connectivity index (χ0) is 15.9. The van der Waals surface area contributed by atoms with Crippen LogP contribution in [-0.4, -0.2) is 18.8 Å². The van der Waals surface area contributed by atoms with Crippen molar-refractivity contribution in [3.8, 4) is 5.75 Å². The van der Waals surface area contributed by atoms with Crippen molar-refractivity contribution in [3.63, 3.8) is 0 Å². The number of carbonyl (C=O) groups is 1. The van der Waals surface area contributed by atoms with Gasteiger partial charge in [-0.3, -0.25) is 4.79 Å². The number of hydrogen-bond donors (Lipinski definition) is 1. The number of benzene rings is 2. The maximum atomic E-state index is 12.0. The molecule has 0 heterocycles. The van der Waals surface area contributed by atoms with Crippen molar-refractivity contribution in [2.24, 2.45) is 0 Å². The lowest BCUT2D eigenvalue weighted by molar-refractivity contribution is -0.115. The van der Waals surface area contributed by atoms with Crippen molar-refractivity contribution < 1.29 is 18.3 Å². The fraction of sp³-hybridized carbons (Fsp3) is 0.188. The highest BCUT2D eigenvalue weighted by atomic mass is 32.2. The third-order valence-corrected chi connectivity index (χ3v) is 3.63. The average molecular weight is 323 g/mol. The summed E-state index contributed by atoms with van der Waals surface area (Å²) in [5.41, 5.74) is 1.44. The molecular weight excluding hydrogens is 308 g/mol. The molecule has 0 radical (unpaired) electrons. The fourth-order valence-electron chi connectivity index (χ4n) is 1.85. The molecule has 0 aromatic heterocycles. The van der Waals surface area contributed by atoms with Gasteiger partial charge in [-0.1, -0.05) is 12.1 Å². The summed E-state index contributed by atoms with van der Waals surface area (Å²) in [7, 11) is 0. The normalized spacial score (nSPS) is 10.5. The summed E-state index contributed by atoms with van der Waals surface area (Å²) < 4.78 is 28.3. The number of nitrogens with one attached hydrogen (secondary N) is 1. The smallest absolute Gasteiger partial charge is 0.387 e. The quantitative estimate of drug-likeness (QED) is 0.810. The first-order chi connectivity index (χ1) is 10.6. The number of hydrogen-bond acceptors (Lipinski definition) is 3. The second-order valence-corrected chi connectivity index (χ2v) is 5.36. The van der Waals surface area contributed by atoms with Gasteiger partial charge in [-0.15, -0.1) is 11.8 Å². The molecule has 116 valence electrons. The Kier molecular flexibility index (Phi) is 5.77. The number of ether oxygens (including phenoxy) is 1. The van der Waals surface area contributed by atoms with Crippen molar-refractivity contribution in [1.82, 2.24) is 0 Å². The Balaban J connectivity index is 1.90. The minimum Gasteiger partial charge on any atom is -0.435 e. The molecule has 1 N–H and O–H groups in total. The summed E-state index contributed by atoms with van der Waals surface area (Å²) in [6, 6.07) is 13.5. The van der Waals surface area contributed by atoms with Crippen LogP contribution in [0.3, 0.4) is 0 Å². The second-order valence-electron chi connectivity index (χ2n) is 4.48. The van der Waals surface area contributed by atoms with Crippen molar-refractivity contribution in [2.75, 3.05) is 11.6 Å². The van der Waals surface area contributed by atoms with Crippen LogP contribution >= 0.6 is 11.8 Å². The molecule has 6 heteroatoms. The molecule has 2 aromatic rings. The van der Waals surface area contributed by atoms with E-state index in [0.717, 1.165) is 16.1 Å². The molecule has 0 saturated heterocycles. The number of thioether (sulfide) groups is 1. The standard InChI is InChI=1S/C16H15F2NO2S/c1-22-14-8-4-12(5-9-14)19-15(20)10-11-2-6-13(7-3-11)21-16(17)18/h2-9,16H,10H2,1H3,(H,19,20). The van der Waals surface area contributed by atoms with Gasteiger partial charge in [0.05, 0.1) is 6.42 Å². The Morgan fingerprint density at radius 1 is 1.14 bits per heavy atom. The zero-order valence-corrected chi connectivity index (χ0v) is 12.7. The molecule has 1 amide bonds. The van der Waals surface area contributed by atoms with Crippen LogP contribution < -0.4 is 10.1 Å². The SMILES string of the molecule is CSc1ccc(NC(=O)Cc2ccc(OC(F)F)cc2)cc1. The molecule has 22 heavy (non-hydrogen) atoms. The van der Waals surface area contributed by atoms with Crippen LogP contribution in [0.5, 0.6) is 5.75 Å².